The number of carbonyl (C=O) groups excluding carboxylic acids is 1. The van der Waals surface area contributed by atoms with Gasteiger partial charge in [-0.15, -0.1) is 0 Å². The topological polar surface area (TPSA) is 20.3 Å². The molecule has 2 saturated heterocycles. The number of carbonyl (C=O) groups is 1. The average molecular weight is 139 g/mol. The maximum absolute atomic E-state index is 11.4. The second-order valence-electron chi connectivity index (χ2n) is 4.02. The van der Waals surface area contributed by atoms with E-state index < -0.39 is 0 Å². The van der Waals surface area contributed by atoms with E-state index in [1.807, 2.05) is 11.9 Å². The standard InChI is InChI=1S/C8H13NO/c1-8-3-6(4-8)5-9(2)7(8)10/h6H,3-5H2,1-2H3. The highest BCUT2D eigenvalue weighted by Gasteiger charge is 2.51. The molecule has 3 rings (SSSR count). The van der Waals surface area contributed by atoms with Crippen LogP contribution in [0.1, 0.15) is 19.8 Å². The van der Waals surface area contributed by atoms with Gasteiger partial charge in [0.2, 0.25) is 5.91 Å². The molecular weight excluding hydrogens is 126 g/mol. The molecule has 0 radical (unpaired) electrons. The molecule has 0 spiro atoms. The first-order valence-corrected chi connectivity index (χ1v) is 3.87. The molecular formula is C8H13NO. The van der Waals surface area contributed by atoms with Gasteiger partial charge in [-0.1, -0.05) is 6.92 Å². The quantitative estimate of drug-likeness (QED) is 0.487. The third-order valence-electron chi connectivity index (χ3n) is 2.87. The zero-order chi connectivity index (χ0) is 7.35. The Balaban J connectivity index is 2.22. The van der Waals surface area contributed by atoms with Crippen LogP contribution in [0.2, 0.25) is 0 Å². The largest absolute Gasteiger partial charge is 0.345 e. The maximum atomic E-state index is 11.4. The lowest BCUT2D eigenvalue weighted by Crippen LogP contribution is -2.57. The summed E-state index contributed by atoms with van der Waals surface area (Å²) in [5.74, 6) is 1.17. The monoisotopic (exact) mass is 139 g/mol. The molecule has 2 heteroatoms. The Kier molecular flexibility index (Phi) is 0.960. The molecule has 3 aliphatic rings. The summed E-state index contributed by atoms with van der Waals surface area (Å²) in [6.07, 6.45) is 2.27. The third kappa shape index (κ3) is 0.568. The van der Waals surface area contributed by atoms with Gasteiger partial charge in [-0.3, -0.25) is 4.79 Å². The van der Waals surface area contributed by atoms with E-state index >= 15 is 0 Å². The summed E-state index contributed by atoms with van der Waals surface area (Å²) in [6, 6.07) is 0. The van der Waals surface area contributed by atoms with E-state index in [1.54, 1.807) is 0 Å². The predicted molar refractivity (Wildman–Crippen MR) is 38.5 cm³/mol. The van der Waals surface area contributed by atoms with Gasteiger partial charge >= 0.3 is 0 Å². The molecule has 3 fully saturated rings. The van der Waals surface area contributed by atoms with Crippen molar-refractivity contribution in [1.82, 2.24) is 4.90 Å². The van der Waals surface area contributed by atoms with E-state index in [0.717, 1.165) is 25.3 Å². The predicted octanol–water partition coefficient (Wildman–Crippen LogP) is 0.875. The number of hydrogen-bond acceptors (Lipinski definition) is 1. The minimum Gasteiger partial charge on any atom is -0.345 e. The normalized spacial score (nSPS) is 45.2. The van der Waals surface area contributed by atoms with E-state index in [0.29, 0.717) is 5.91 Å². The van der Waals surface area contributed by atoms with E-state index in [9.17, 15) is 4.79 Å². The van der Waals surface area contributed by atoms with Crippen LogP contribution in [0.4, 0.5) is 0 Å². The zero-order valence-corrected chi connectivity index (χ0v) is 6.55. The molecule has 2 heterocycles. The van der Waals surface area contributed by atoms with Crippen molar-refractivity contribution >= 4 is 5.91 Å². The number of nitrogens with zero attached hydrogens (tertiary/aromatic N) is 1. The number of fused-ring (bicyclic) bond motifs is 2. The van der Waals surface area contributed by atoms with E-state index in [-0.39, 0.29) is 5.41 Å². The number of piperidine rings is 2. The number of amides is 1. The van der Waals surface area contributed by atoms with Crippen molar-refractivity contribution in [1.29, 1.82) is 0 Å². The lowest BCUT2D eigenvalue weighted by Gasteiger charge is -2.52. The molecule has 0 aromatic heterocycles. The second kappa shape index (κ2) is 1.55. The van der Waals surface area contributed by atoms with Gasteiger partial charge in [-0.05, 0) is 18.8 Å². The lowest BCUT2D eigenvalue weighted by atomic mass is 9.59. The van der Waals surface area contributed by atoms with Crippen molar-refractivity contribution in [3.8, 4) is 0 Å². The van der Waals surface area contributed by atoms with Crippen LogP contribution in [0.3, 0.4) is 0 Å². The smallest absolute Gasteiger partial charge is 0.228 e. The van der Waals surface area contributed by atoms with Gasteiger partial charge in [0.15, 0.2) is 0 Å². The summed E-state index contributed by atoms with van der Waals surface area (Å²) in [5, 5.41) is 0. The van der Waals surface area contributed by atoms with E-state index in [2.05, 4.69) is 6.92 Å². The van der Waals surface area contributed by atoms with Gasteiger partial charge < -0.3 is 4.90 Å². The Bertz CT molecular complexity index is 179. The van der Waals surface area contributed by atoms with Crippen LogP contribution in [0.25, 0.3) is 0 Å². The van der Waals surface area contributed by atoms with Crippen LogP contribution >= 0.6 is 0 Å². The highest BCUT2D eigenvalue weighted by Crippen LogP contribution is 2.50. The molecule has 0 atom stereocenters. The fourth-order valence-corrected chi connectivity index (χ4v) is 2.45. The molecule has 2 bridgehead atoms. The van der Waals surface area contributed by atoms with Gasteiger partial charge in [0, 0.05) is 19.0 Å². The van der Waals surface area contributed by atoms with Crippen molar-refractivity contribution in [2.24, 2.45) is 11.3 Å². The highest BCUT2D eigenvalue weighted by molar-refractivity contribution is 5.84. The molecule has 0 N–H and O–H groups in total. The van der Waals surface area contributed by atoms with Gasteiger partial charge in [0.05, 0.1) is 0 Å². The molecule has 1 amide bonds. The van der Waals surface area contributed by atoms with Crippen molar-refractivity contribution in [3.63, 3.8) is 0 Å². The molecule has 0 unspecified atom stereocenters. The molecule has 0 aromatic rings. The lowest BCUT2D eigenvalue weighted by molar-refractivity contribution is -0.159. The zero-order valence-electron chi connectivity index (χ0n) is 6.55. The van der Waals surface area contributed by atoms with E-state index in [4.69, 9.17) is 0 Å². The Hall–Kier alpha value is -0.530. The van der Waals surface area contributed by atoms with Crippen LogP contribution in [0.15, 0.2) is 0 Å². The third-order valence-corrected chi connectivity index (χ3v) is 2.87. The van der Waals surface area contributed by atoms with Gasteiger partial charge in [0.25, 0.3) is 0 Å². The van der Waals surface area contributed by atoms with Gasteiger partial charge in [0.1, 0.15) is 0 Å². The van der Waals surface area contributed by atoms with Crippen molar-refractivity contribution < 1.29 is 4.79 Å². The minimum absolute atomic E-state index is 0.0394. The molecule has 0 aromatic carbocycles. The first-order valence-electron chi connectivity index (χ1n) is 3.87. The fourth-order valence-electron chi connectivity index (χ4n) is 2.45. The molecule has 1 saturated carbocycles. The Labute approximate surface area is 61.2 Å². The Morgan fingerprint density at radius 3 is 2.60 bits per heavy atom. The molecule has 2 aliphatic heterocycles. The summed E-state index contributed by atoms with van der Waals surface area (Å²) in [4.78, 5) is 13.3. The van der Waals surface area contributed by atoms with Crippen molar-refractivity contribution in [2.75, 3.05) is 13.6 Å². The maximum Gasteiger partial charge on any atom is 0.228 e. The van der Waals surface area contributed by atoms with Gasteiger partial charge in [-0.25, -0.2) is 0 Å². The van der Waals surface area contributed by atoms with Crippen LogP contribution < -0.4 is 0 Å². The van der Waals surface area contributed by atoms with Crippen molar-refractivity contribution in [2.45, 2.75) is 19.8 Å². The SMILES string of the molecule is CN1CC2CC(C)(C2)C1=O. The second-order valence-corrected chi connectivity index (χ2v) is 4.02. The molecule has 1 aliphatic carbocycles. The Morgan fingerprint density at radius 1 is 1.60 bits per heavy atom. The summed E-state index contributed by atoms with van der Waals surface area (Å²) in [5.41, 5.74) is 0.0394. The Morgan fingerprint density at radius 2 is 2.20 bits per heavy atom. The molecule has 10 heavy (non-hydrogen) atoms. The number of rotatable bonds is 0. The first-order chi connectivity index (χ1) is 4.62. The minimum atomic E-state index is 0.0394. The first kappa shape index (κ1) is 6.20. The van der Waals surface area contributed by atoms with Crippen LogP contribution in [0.5, 0.6) is 0 Å². The number of hydrogen-bond donors (Lipinski definition) is 0. The van der Waals surface area contributed by atoms with Crippen LogP contribution in [-0.4, -0.2) is 24.4 Å². The van der Waals surface area contributed by atoms with Gasteiger partial charge in [-0.2, -0.15) is 0 Å². The molecule has 2 nitrogen and oxygen atoms in total. The summed E-state index contributed by atoms with van der Waals surface area (Å²) in [7, 11) is 1.91. The van der Waals surface area contributed by atoms with Crippen LogP contribution in [0, 0.1) is 11.3 Å². The summed E-state index contributed by atoms with van der Waals surface area (Å²) in [6.45, 7) is 3.08. The van der Waals surface area contributed by atoms with E-state index in [1.165, 1.54) is 0 Å². The summed E-state index contributed by atoms with van der Waals surface area (Å²) < 4.78 is 0. The van der Waals surface area contributed by atoms with Crippen LogP contribution in [-0.2, 0) is 4.79 Å². The highest BCUT2D eigenvalue weighted by atomic mass is 16.2. The molecule has 56 valence electrons. The summed E-state index contributed by atoms with van der Waals surface area (Å²) >= 11 is 0. The average Bonchev–Trinajstić information content (AvgIpc) is 1.78. The fraction of sp³-hybridized carbons (Fsp3) is 0.875. The van der Waals surface area contributed by atoms with Crippen molar-refractivity contribution in [3.05, 3.63) is 0 Å².